The van der Waals surface area contributed by atoms with Crippen molar-refractivity contribution in [2.45, 2.75) is 83.4 Å². The second-order valence-corrected chi connectivity index (χ2v) is 9.34. The van der Waals surface area contributed by atoms with Gasteiger partial charge in [0.1, 0.15) is 5.60 Å². The number of carbonyl (C=O) groups excluding carboxylic acids is 2. The van der Waals surface area contributed by atoms with E-state index in [1.807, 2.05) is 26.8 Å². The number of fused-ring (bicyclic) bond motifs is 1. The van der Waals surface area contributed by atoms with Gasteiger partial charge in [0.25, 0.3) is 0 Å². The first-order chi connectivity index (χ1) is 14.7. The van der Waals surface area contributed by atoms with Crippen molar-refractivity contribution in [3.8, 4) is 0 Å². The number of hydrogen-bond acceptors (Lipinski definition) is 5. The molecule has 170 valence electrons. The van der Waals surface area contributed by atoms with E-state index in [1.165, 1.54) is 4.57 Å². The predicted octanol–water partition coefficient (Wildman–Crippen LogP) is 3.72. The second-order valence-electron chi connectivity index (χ2n) is 9.34. The number of nitrogens with zero attached hydrogens (tertiary/aromatic N) is 1. The molecular weight excluding hydrogens is 398 g/mol. The van der Waals surface area contributed by atoms with Crippen LogP contribution in [-0.2, 0) is 16.1 Å². The SMILES string of the molecule is CC(C)(C)OC(=O)NC1(CNC(=O)CCn2c(=O)oc3ccccc32)CCCCCC1. The fourth-order valence-electron chi connectivity index (χ4n) is 4.07. The highest BCUT2D eigenvalue weighted by atomic mass is 16.6. The first-order valence-corrected chi connectivity index (χ1v) is 11.0. The molecule has 8 nitrogen and oxygen atoms in total. The van der Waals surface area contributed by atoms with Crippen LogP contribution in [0.1, 0.15) is 65.7 Å². The number of hydrogen-bond donors (Lipinski definition) is 2. The van der Waals surface area contributed by atoms with E-state index in [1.54, 1.807) is 18.2 Å². The number of aryl methyl sites for hydroxylation is 1. The van der Waals surface area contributed by atoms with Gasteiger partial charge in [0.05, 0.1) is 11.1 Å². The predicted molar refractivity (Wildman–Crippen MR) is 118 cm³/mol. The molecule has 1 saturated carbocycles. The van der Waals surface area contributed by atoms with Crippen LogP contribution in [0.2, 0.25) is 0 Å². The zero-order chi connectivity index (χ0) is 22.5. The minimum Gasteiger partial charge on any atom is -0.444 e. The monoisotopic (exact) mass is 431 g/mol. The second kappa shape index (κ2) is 9.58. The molecular formula is C23H33N3O5. The Bertz CT molecular complexity index is 961. The van der Waals surface area contributed by atoms with Gasteiger partial charge in [-0.15, -0.1) is 0 Å². The van der Waals surface area contributed by atoms with Crippen LogP contribution in [-0.4, -0.2) is 34.3 Å². The largest absolute Gasteiger partial charge is 0.444 e. The highest BCUT2D eigenvalue weighted by Gasteiger charge is 2.34. The number of carbonyl (C=O) groups is 2. The average Bonchev–Trinajstić information content (AvgIpc) is 2.84. The summed E-state index contributed by atoms with van der Waals surface area (Å²) >= 11 is 0. The van der Waals surface area contributed by atoms with Crippen molar-refractivity contribution in [2.24, 2.45) is 0 Å². The standard InChI is InChI=1S/C23H33N3O5/c1-22(2,3)31-20(28)25-23(13-8-4-5-9-14-23)16-24-19(27)12-15-26-17-10-6-7-11-18(17)30-21(26)29/h6-7,10-11H,4-5,8-9,12-16H2,1-3H3,(H,24,27)(H,25,28). The Morgan fingerprint density at radius 1 is 1.13 bits per heavy atom. The van der Waals surface area contributed by atoms with E-state index in [2.05, 4.69) is 10.6 Å². The third-order valence-electron chi connectivity index (χ3n) is 5.59. The van der Waals surface area contributed by atoms with Gasteiger partial charge in [-0.25, -0.2) is 9.59 Å². The number of nitrogens with one attached hydrogen (secondary N) is 2. The quantitative estimate of drug-likeness (QED) is 0.679. The number of aromatic nitrogens is 1. The maximum absolute atomic E-state index is 12.6. The van der Waals surface area contributed by atoms with Crippen molar-refractivity contribution >= 4 is 23.1 Å². The maximum Gasteiger partial charge on any atom is 0.419 e. The van der Waals surface area contributed by atoms with Gasteiger partial charge < -0.3 is 19.8 Å². The summed E-state index contributed by atoms with van der Waals surface area (Å²) in [4.78, 5) is 37.1. The van der Waals surface area contributed by atoms with E-state index in [-0.39, 0.29) is 18.9 Å². The molecule has 0 radical (unpaired) electrons. The van der Waals surface area contributed by atoms with Gasteiger partial charge >= 0.3 is 11.8 Å². The van der Waals surface area contributed by atoms with E-state index < -0.39 is 23.0 Å². The molecule has 0 aliphatic heterocycles. The minimum absolute atomic E-state index is 0.145. The fourth-order valence-corrected chi connectivity index (χ4v) is 4.07. The highest BCUT2D eigenvalue weighted by molar-refractivity contribution is 5.77. The van der Waals surface area contributed by atoms with Gasteiger partial charge in [-0.05, 0) is 45.7 Å². The molecule has 2 aromatic rings. The van der Waals surface area contributed by atoms with Crippen LogP contribution in [0.3, 0.4) is 0 Å². The van der Waals surface area contributed by atoms with Gasteiger partial charge in [0.2, 0.25) is 5.91 Å². The normalized spacial score (nSPS) is 16.5. The Balaban J connectivity index is 1.61. The molecule has 2 amide bonds. The average molecular weight is 432 g/mol. The van der Waals surface area contributed by atoms with E-state index in [0.29, 0.717) is 17.6 Å². The number of para-hydroxylation sites is 2. The van der Waals surface area contributed by atoms with E-state index in [0.717, 1.165) is 38.5 Å². The molecule has 1 aliphatic carbocycles. The summed E-state index contributed by atoms with van der Waals surface area (Å²) in [5.41, 5.74) is 0.0760. The molecule has 0 saturated heterocycles. The van der Waals surface area contributed by atoms with Crippen molar-refractivity contribution in [1.29, 1.82) is 0 Å². The molecule has 8 heteroatoms. The summed E-state index contributed by atoms with van der Waals surface area (Å²) in [5, 5.41) is 6.01. The number of alkyl carbamates (subject to hydrolysis) is 1. The molecule has 0 bridgehead atoms. The van der Waals surface area contributed by atoms with Crippen LogP contribution in [0.4, 0.5) is 4.79 Å². The van der Waals surface area contributed by atoms with Gasteiger partial charge in [-0.2, -0.15) is 0 Å². The lowest BCUT2D eigenvalue weighted by atomic mass is 9.90. The molecule has 2 N–H and O–H groups in total. The molecule has 0 spiro atoms. The Labute approximate surface area is 182 Å². The summed E-state index contributed by atoms with van der Waals surface area (Å²) in [7, 11) is 0. The van der Waals surface area contributed by atoms with Crippen LogP contribution in [0.5, 0.6) is 0 Å². The lowest BCUT2D eigenvalue weighted by Crippen LogP contribution is -2.56. The maximum atomic E-state index is 12.6. The first kappa shape index (κ1) is 22.9. The van der Waals surface area contributed by atoms with Gasteiger partial charge in [0.15, 0.2) is 5.58 Å². The third kappa shape index (κ3) is 6.35. The summed E-state index contributed by atoms with van der Waals surface area (Å²) < 4.78 is 12.1. The third-order valence-corrected chi connectivity index (χ3v) is 5.59. The summed E-state index contributed by atoms with van der Waals surface area (Å²) in [6.07, 6.45) is 5.47. The first-order valence-electron chi connectivity index (χ1n) is 11.0. The van der Waals surface area contributed by atoms with E-state index in [4.69, 9.17) is 9.15 Å². The Morgan fingerprint density at radius 2 is 1.81 bits per heavy atom. The molecule has 1 aliphatic rings. The molecule has 0 atom stereocenters. The molecule has 31 heavy (non-hydrogen) atoms. The van der Waals surface area contributed by atoms with Gasteiger partial charge in [-0.1, -0.05) is 37.8 Å². The highest BCUT2D eigenvalue weighted by Crippen LogP contribution is 2.27. The molecule has 1 heterocycles. The molecule has 3 rings (SSSR count). The van der Waals surface area contributed by atoms with Crippen molar-refractivity contribution in [1.82, 2.24) is 15.2 Å². The molecule has 1 aromatic heterocycles. The number of amides is 2. The summed E-state index contributed by atoms with van der Waals surface area (Å²) in [5.74, 6) is -0.646. The van der Waals surface area contributed by atoms with Gasteiger partial charge in [-0.3, -0.25) is 9.36 Å². The van der Waals surface area contributed by atoms with Gasteiger partial charge in [0, 0.05) is 19.5 Å². The Morgan fingerprint density at radius 3 is 2.48 bits per heavy atom. The smallest absolute Gasteiger partial charge is 0.419 e. The van der Waals surface area contributed by atoms with Crippen LogP contribution < -0.4 is 16.4 Å². The lowest BCUT2D eigenvalue weighted by molar-refractivity contribution is -0.121. The number of ether oxygens (including phenoxy) is 1. The Kier molecular flexibility index (Phi) is 7.08. The van der Waals surface area contributed by atoms with Crippen LogP contribution in [0, 0.1) is 0 Å². The molecule has 0 unspecified atom stereocenters. The Hall–Kier alpha value is -2.77. The van der Waals surface area contributed by atoms with Crippen molar-refractivity contribution in [3.05, 3.63) is 34.8 Å². The number of oxazole rings is 1. The summed E-state index contributed by atoms with van der Waals surface area (Å²) in [6, 6.07) is 7.15. The van der Waals surface area contributed by atoms with Crippen molar-refractivity contribution < 1.29 is 18.7 Å². The topological polar surface area (TPSA) is 103 Å². The number of rotatable bonds is 6. The van der Waals surface area contributed by atoms with E-state index >= 15 is 0 Å². The fraction of sp³-hybridized carbons (Fsp3) is 0.609. The lowest BCUT2D eigenvalue weighted by Gasteiger charge is -2.35. The van der Waals surface area contributed by atoms with Crippen LogP contribution >= 0.6 is 0 Å². The zero-order valence-electron chi connectivity index (χ0n) is 18.7. The zero-order valence-corrected chi connectivity index (χ0v) is 18.7. The minimum atomic E-state index is -0.583. The molecule has 1 fully saturated rings. The van der Waals surface area contributed by atoms with Crippen molar-refractivity contribution in [3.63, 3.8) is 0 Å². The summed E-state index contributed by atoms with van der Waals surface area (Å²) in [6.45, 7) is 6.06. The van der Waals surface area contributed by atoms with E-state index in [9.17, 15) is 14.4 Å². The van der Waals surface area contributed by atoms with Crippen LogP contribution in [0.15, 0.2) is 33.5 Å². The number of benzene rings is 1. The van der Waals surface area contributed by atoms with Crippen LogP contribution in [0.25, 0.3) is 11.1 Å². The molecule has 1 aromatic carbocycles. The van der Waals surface area contributed by atoms with Crippen molar-refractivity contribution in [2.75, 3.05) is 6.54 Å².